The van der Waals surface area contributed by atoms with Crippen molar-refractivity contribution < 1.29 is 4.79 Å². The van der Waals surface area contributed by atoms with Gasteiger partial charge in [-0.05, 0) is 19.4 Å². The Morgan fingerprint density at radius 2 is 2.27 bits per heavy atom. The lowest BCUT2D eigenvalue weighted by Gasteiger charge is -2.53. The van der Waals surface area contributed by atoms with Crippen LogP contribution in [0.15, 0.2) is 23.5 Å². The second-order valence-corrected chi connectivity index (χ2v) is 5.21. The Hall–Kier alpha value is -0.900. The van der Waals surface area contributed by atoms with E-state index in [0.717, 1.165) is 11.4 Å². The molecule has 2 aliphatic rings. The van der Waals surface area contributed by atoms with Crippen LogP contribution >= 0.6 is 11.8 Å². The molecule has 0 radical (unpaired) electrons. The molecule has 2 unspecified atom stereocenters. The topological polar surface area (TPSA) is 32.3 Å². The second-order valence-electron chi connectivity index (χ2n) is 4.11. The molecule has 2 atom stereocenters. The Bertz CT molecular complexity index is 362. The number of allylic oxidation sites excluding steroid dienone is 1. The van der Waals surface area contributed by atoms with Gasteiger partial charge in [-0.25, -0.2) is 0 Å². The molecule has 2 aliphatic heterocycles. The van der Waals surface area contributed by atoms with Gasteiger partial charge >= 0.3 is 0 Å². The number of rotatable bonds is 1. The van der Waals surface area contributed by atoms with Gasteiger partial charge in [0.1, 0.15) is 5.37 Å². The monoisotopic (exact) mass is 224 g/mol. The average Bonchev–Trinajstić information content (AvgIpc) is 2.18. The van der Waals surface area contributed by atoms with Crippen molar-refractivity contribution in [2.24, 2.45) is 0 Å². The molecule has 0 saturated carbocycles. The molecular formula is C11H16N2OS. The van der Waals surface area contributed by atoms with Gasteiger partial charge in [0.2, 0.25) is 5.91 Å². The third-order valence-electron chi connectivity index (χ3n) is 3.02. The molecule has 1 N–H and O–H groups in total. The summed E-state index contributed by atoms with van der Waals surface area (Å²) in [6, 6.07) is 0.121. The van der Waals surface area contributed by atoms with Crippen LogP contribution < -0.4 is 5.32 Å². The lowest BCUT2D eigenvalue weighted by molar-refractivity contribution is -0.120. The quantitative estimate of drug-likeness (QED) is 0.735. The summed E-state index contributed by atoms with van der Waals surface area (Å²) in [6.07, 6.45) is 0. The number of hydrogen-bond donors (Lipinski definition) is 1. The summed E-state index contributed by atoms with van der Waals surface area (Å²) in [6.45, 7) is 9.85. The molecule has 1 amide bonds. The van der Waals surface area contributed by atoms with Crippen LogP contribution in [0.25, 0.3) is 0 Å². The highest BCUT2D eigenvalue weighted by Crippen LogP contribution is 2.44. The predicted octanol–water partition coefficient (Wildman–Crippen LogP) is 1.69. The first kappa shape index (κ1) is 10.6. The molecule has 82 valence electrons. The Labute approximate surface area is 94.6 Å². The van der Waals surface area contributed by atoms with E-state index in [1.807, 2.05) is 11.8 Å². The number of fused-ring (bicyclic) bond motifs is 1. The zero-order valence-corrected chi connectivity index (χ0v) is 10.1. The Kier molecular flexibility index (Phi) is 2.54. The molecule has 0 aromatic heterocycles. The first-order chi connectivity index (χ1) is 7.02. The minimum absolute atomic E-state index is 0.0188. The fourth-order valence-corrected chi connectivity index (χ4v) is 3.51. The summed E-state index contributed by atoms with van der Waals surface area (Å²) in [7, 11) is 0. The SMILES string of the molecule is C=C1C(NC(C)=O)C2SCC(C)=C(C)N12. The number of thioether (sulfide) groups is 1. The van der Waals surface area contributed by atoms with Crippen molar-refractivity contribution in [3.05, 3.63) is 23.5 Å². The lowest BCUT2D eigenvalue weighted by Crippen LogP contribution is -2.63. The van der Waals surface area contributed by atoms with Gasteiger partial charge in [0.05, 0.1) is 6.04 Å². The third kappa shape index (κ3) is 1.57. The number of nitrogens with zero attached hydrogens (tertiary/aromatic N) is 1. The van der Waals surface area contributed by atoms with Gasteiger partial charge in [0.15, 0.2) is 0 Å². The first-order valence-electron chi connectivity index (χ1n) is 5.05. The minimum Gasteiger partial charge on any atom is -0.345 e. The highest BCUT2D eigenvalue weighted by atomic mass is 32.2. The normalized spacial score (nSPS) is 29.8. The van der Waals surface area contributed by atoms with Crippen molar-refractivity contribution in [2.75, 3.05) is 5.75 Å². The van der Waals surface area contributed by atoms with Gasteiger partial charge in [0, 0.05) is 24.1 Å². The molecule has 2 heterocycles. The second kappa shape index (κ2) is 3.59. The van der Waals surface area contributed by atoms with Crippen LogP contribution in [0.4, 0.5) is 0 Å². The highest BCUT2D eigenvalue weighted by molar-refractivity contribution is 8.00. The van der Waals surface area contributed by atoms with Crippen molar-refractivity contribution in [1.82, 2.24) is 10.2 Å². The molecule has 1 saturated heterocycles. The van der Waals surface area contributed by atoms with Gasteiger partial charge in [-0.3, -0.25) is 4.79 Å². The van der Waals surface area contributed by atoms with Crippen LogP contribution in [-0.2, 0) is 4.79 Å². The van der Waals surface area contributed by atoms with Crippen LogP contribution in [0.3, 0.4) is 0 Å². The van der Waals surface area contributed by atoms with E-state index in [9.17, 15) is 4.79 Å². The first-order valence-corrected chi connectivity index (χ1v) is 6.10. The Morgan fingerprint density at radius 3 is 2.87 bits per heavy atom. The average molecular weight is 224 g/mol. The predicted molar refractivity (Wildman–Crippen MR) is 63.2 cm³/mol. The molecule has 3 nitrogen and oxygen atoms in total. The van der Waals surface area contributed by atoms with Crippen molar-refractivity contribution in [2.45, 2.75) is 32.2 Å². The maximum absolute atomic E-state index is 11.0. The number of amides is 1. The zero-order valence-electron chi connectivity index (χ0n) is 9.33. The molecule has 0 aromatic carbocycles. The van der Waals surface area contributed by atoms with Crippen LogP contribution in [0.2, 0.25) is 0 Å². The van der Waals surface area contributed by atoms with Gasteiger partial charge in [0.25, 0.3) is 0 Å². The standard InChI is InChI=1S/C11H16N2OS/c1-6-5-15-11-10(12-9(4)14)8(3)13(11)7(6)2/h10-11H,3,5H2,1-2,4H3,(H,12,14). The van der Waals surface area contributed by atoms with Crippen LogP contribution in [0.1, 0.15) is 20.8 Å². The van der Waals surface area contributed by atoms with Gasteiger partial charge in [-0.15, -0.1) is 11.8 Å². The summed E-state index contributed by atoms with van der Waals surface area (Å²) in [5, 5.41) is 3.29. The van der Waals surface area contributed by atoms with E-state index in [-0.39, 0.29) is 11.9 Å². The summed E-state index contributed by atoms with van der Waals surface area (Å²) < 4.78 is 0. The number of hydrogen-bond acceptors (Lipinski definition) is 3. The molecule has 0 aliphatic carbocycles. The minimum atomic E-state index is 0.0188. The van der Waals surface area contributed by atoms with Crippen molar-refractivity contribution >= 4 is 17.7 Å². The van der Waals surface area contributed by atoms with E-state index in [4.69, 9.17) is 0 Å². The van der Waals surface area contributed by atoms with Gasteiger partial charge < -0.3 is 10.2 Å². The van der Waals surface area contributed by atoms with Crippen molar-refractivity contribution in [1.29, 1.82) is 0 Å². The largest absolute Gasteiger partial charge is 0.345 e. The number of carbonyl (C=O) groups is 1. The molecule has 0 aromatic rings. The molecule has 1 fully saturated rings. The highest BCUT2D eigenvalue weighted by Gasteiger charge is 2.45. The summed E-state index contributed by atoms with van der Waals surface area (Å²) in [5.74, 6) is 1.07. The third-order valence-corrected chi connectivity index (χ3v) is 4.44. The van der Waals surface area contributed by atoms with E-state index in [1.54, 1.807) is 6.92 Å². The summed E-state index contributed by atoms with van der Waals surface area (Å²) in [5.41, 5.74) is 3.71. The Balaban J connectivity index is 2.15. The van der Waals surface area contributed by atoms with E-state index in [1.165, 1.54) is 11.3 Å². The zero-order chi connectivity index (χ0) is 11.2. The smallest absolute Gasteiger partial charge is 0.217 e. The number of nitrogens with one attached hydrogen (secondary N) is 1. The maximum atomic E-state index is 11.0. The van der Waals surface area contributed by atoms with Gasteiger partial charge in [-0.1, -0.05) is 6.58 Å². The molecule has 4 heteroatoms. The van der Waals surface area contributed by atoms with E-state index in [0.29, 0.717) is 5.37 Å². The fourth-order valence-electron chi connectivity index (χ4n) is 2.02. The fraction of sp³-hybridized carbons (Fsp3) is 0.545. The van der Waals surface area contributed by atoms with Gasteiger partial charge in [-0.2, -0.15) is 0 Å². The maximum Gasteiger partial charge on any atom is 0.217 e. The number of carbonyl (C=O) groups excluding carboxylic acids is 1. The summed E-state index contributed by atoms with van der Waals surface area (Å²) >= 11 is 1.87. The molecule has 15 heavy (non-hydrogen) atoms. The van der Waals surface area contributed by atoms with Crippen molar-refractivity contribution in [3.63, 3.8) is 0 Å². The van der Waals surface area contributed by atoms with E-state index >= 15 is 0 Å². The van der Waals surface area contributed by atoms with E-state index in [2.05, 4.69) is 30.6 Å². The van der Waals surface area contributed by atoms with Crippen LogP contribution in [0, 0.1) is 0 Å². The summed E-state index contributed by atoms with van der Waals surface area (Å²) in [4.78, 5) is 13.2. The molecule has 0 spiro atoms. The molecule has 2 rings (SSSR count). The van der Waals surface area contributed by atoms with Crippen LogP contribution in [-0.4, -0.2) is 28.0 Å². The van der Waals surface area contributed by atoms with E-state index < -0.39 is 0 Å². The Morgan fingerprint density at radius 1 is 1.60 bits per heavy atom. The van der Waals surface area contributed by atoms with Crippen LogP contribution in [0.5, 0.6) is 0 Å². The molecular weight excluding hydrogens is 208 g/mol. The molecule has 0 bridgehead atoms. The van der Waals surface area contributed by atoms with Crippen molar-refractivity contribution in [3.8, 4) is 0 Å². The lowest BCUT2D eigenvalue weighted by atomic mass is 10.0.